The van der Waals surface area contributed by atoms with Crippen LogP contribution in [0.25, 0.3) is 0 Å². The fourth-order valence-corrected chi connectivity index (χ4v) is 6.83. The summed E-state index contributed by atoms with van der Waals surface area (Å²) in [5.41, 5.74) is 0. The third kappa shape index (κ3) is 3.03. The van der Waals surface area contributed by atoms with Gasteiger partial charge in [0.2, 0.25) is 0 Å². The summed E-state index contributed by atoms with van der Waals surface area (Å²) in [7, 11) is -3.18. The van der Waals surface area contributed by atoms with Crippen molar-refractivity contribution in [1.29, 1.82) is 0 Å². The Labute approximate surface area is 151 Å². The maximum absolute atomic E-state index is 14.1. The minimum absolute atomic E-state index is 0.00393. The molecule has 2 nitrogen and oxygen atoms in total. The van der Waals surface area contributed by atoms with Crippen molar-refractivity contribution in [2.45, 2.75) is 0 Å². The number of aromatic hydroxyl groups is 1. The lowest BCUT2D eigenvalue weighted by molar-refractivity contribution is 0.475. The van der Waals surface area contributed by atoms with Crippen LogP contribution in [0, 0.1) is 0 Å². The van der Waals surface area contributed by atoms with E-state index in [4.69, 9.17) is 0 Å². The third-order valence-electron chi connectivity index (χ3n) is 3.59. The molecule has 0 aliphatic heterocycles. The highest BCUT2D eigenvalue weighted by Crippen LogP contribution is 2.47. The zero-order chi connectivity index (χ0) is 16.4. The van der Waals surface area contributed by atoms with Gasteiger partial charge < -0.3 is 9.67 Å². The van der Waals surface area contributed by atoms with E-state index in [1.54, 1.807) is 12.1 Å². The molecule has 0 fully saturated rings. The van der Waals surface area contributed by atoms with Gasteiger partial charge in [0.15, 0.2) is 7.14 Å². The Morgan fingerprint density at radius 2 is 1.26 bits per heavy atom. The first-order valence-corrected chi connectivity index (χ1v) is 10.2. The summed E-state index contributed by atoms with van der Waals surface area (Å²) in [4.78, 5) is 0. The van der Waals surface area contributed by atoms with Crippen LogP contribution in [0.4, 0.5) is 0 Å². The lowest BCUT2D eigenvalue weighted by Gasteiger charge is -2.21. The van der Waals surface area contributed by atoms with E-state index in [1.165, 1.54) is 0 Å². The summed E-state index contributed by atoms with van der Waals surface area (Å²) in [5.74, 6) is 0.00393. The van der Waals surface area contributed by atoms with E-state index < -0.39 is 7.14 Å². The Morgan fingerprint density at radius 3 is 1.74 bits per heavy atom. The molecule has 0 saturated carbocycles. The van der Waals surface area contributed by atoms with Crippen LogP contribution in [0.3, 0.4) is 0 Å². The molecule has 0 amide bonds. The van der Waals surface area contributed by atoms with Crippen molar-refractivity contribution in [3.8, 4) is 5.75 Å². The average molecular weight is 452 g/mol. The van der Waals surface area contributed by atoms with Crippen molar-refractivity contribution >= 4 is 54.9 Å². The minimum Gasteiger partial charge on any atom is -0.506 e. The lowest BCUT2D eigenvalue weighted by atomic mass is 10.3. The van der Waals surface area contributed by atoms with Gasteiger partial charge in [0.25, 0.3) is 0 Å². The number of halogens is 2. The highest BCUT2D eigenvalue weighted by atomic mass is 79.9. The van der Waals surface area contributed by atoms with Crippen molar-refractivity contribution < 1.29 is 9.67 Å². The highest BCUT2D eigenvalue weighted by molar-refractivity contribution is 9.11. The minimum atomic E-state index is -3.18. The average Bonchev–Trinajstić information content (AvgIpc) is 2.59. The SMILES string of the molecule is O=P(c1ccccc1)(c1ccccc1)c1cc(Br)cc(Br)c1O. The van der Waals surface area contributed by atoms with E-state index in [-0.39, 0.29) is 5.75 Å². The molecular formula is C18H13Br2O2P. The van der Waals surface area contributed by atoms with E-state index >= 15 is 0 Å². The molecule has 0 spiro atoms. The van der Waals surface area contributed by atoms with Gasteiger partial charge >= 0.3 is 0 Å². The zero-order valence-corrected chi connectivity index (χ0v) is 16.1. The molecule has 3 rings (SSSR count). The summed E-state index contributed by atoms with van der Waals surface area (Å²) in [6, 6.07) is 22.0. The number of rotatable bonds is 3. The quantitative estimate of drug-likeness (QED) is 0.593. The second kappa shape index (κ2) is 6.64. The van der Waals surface area contributed by atoms with Gasteiger partial charge in [0, 0.05) is 15.1 Å². The Bertz CT molecular complexity index is 837. The summed E-state index contributed by atoms with van der Waals surface area (Å²) < 4.78 is 15.4. The first-order chi connectivity index (χ1) is 11.0. The van der Waals surface area contributed by atoms with E-state index in [0.29, 0.717) is 20.4 Å². The molecule has 5 heteroatoms. The highest BCUT2D eigenvalue weighted by Gasteiger charge is 2.33. The van der Waals surface area contributed by atoms with Crippen molar-refractivity contribution in [2.24, 2.45) is 0 Å². The predicted octanol–water partition coefficient (Wildman–Crippen LogP) is 4.56. The monoisotopic (exact) mass is 450 g/mol. The molecule has 0 unspecified atom stereocenters. The molecule has 0 atom stereocenters. The molecule has 0 aliphatic carbocycles. The molecule has 3 aromatic carbocycles. The fraction of sp³-hybridized carbons (Fsp3) is 0. The largest absolute Gasteiger partial charge is 0.506 e. The molecule has 0 radical (unpaired) electrons. The van der Waals surface area contributed by atoms with Gasteiger partial charge in [-0.3, -0.25) is 0 Å². The summed E-state index contributed by atoms with van der Waals surface area (Å²) in [6.45, 7) is 0. The van der Waals surface area contributed by atoms with Crippen molar-refractivity contribution in [3.05, 3.63) is 81.7 Å². The van der Waals surface area contributed by atoms with Crippen LogP contribution in [0.5, 0.6) is 5.75 Å². The molecule has 1 N–H and O–H groups in total. The summed E-state index contributed by atoms with van der Waals surface area (Å²) in [6.07, 6.45) is 0. The smallest absolute Gasteiger partial charge is 0.174 e. The Kier molecular flexibility index (Phi) is 4.77. The molecule has 23 heavy (non-hydrogen) atoms. The van der Waals surface area contributed by atoms with E-state index in [2.05, 4.69) is 31.9 Å². The maximum Gasteiger partial charge on any atom is 0.174 e. The van der Waals surface area contributed by atoms with Crippen LogP contribution in [0.15, 0.2) is 81.7 Å². The second-order valence-electron chi connectivity index (χ2n) is 5.04. The van der Waals surface area contributed by atoms with Gasteiger partial charge in [-0.1, -0.05) is 76.6 Å². The molecule has 0 heterocycles. The number of phenolic OH excluding ortho intramolecular Hbond substituents is 1. The van der Waals surface area contributed by atoms with Crippen molar-refractivity contribution in [3.63, 3.8) is 0 Å². The zero-order valence-electron chi connectivity index (χ0n) is 12.0. The lowest BCUT2D eigenvalue weighted by Crippen LogP contribution is -2.25. The second-order valence-corrected chi connectivity index (χ2v) is 9.54. The van der Waals surface area contributed by atoms with Gasteiger partial charge in [-0.25, -0.2) is 0 Å². The molecule has 0 saturated heterocycles. The number of phenols is 1. The van der Waals surface area contributed by atoms with Crippen molar-refractivity contribution in [2.75, 3.05) is 0 Å². The van der Waals surface area contributed by atoms with Gasteiger partial charge in [0.1, 0.15) is 5.75 Å². The van der Waals surface area contributed by atoms with Gasteiger partial charge in [-0.2, -0.15) is 0 Å². The summed E-state index contributed by atoms with van der Waals surface area (Å²) >= 11 is 6.76. The van der Waals surface area contributed by atoms with Crippen LogP contribution in [-0.4, -0.2) is 5.11 Å². The third-order valence-corrected chi connectivity index (χ3v) is 7.72. The number of benzene rings is 3. The van der Waals surface area contributed by atoms with E-state index in [1.807, 2.05) is 60.7 Å². The molecule has 0 bridgehead atoms. The van der Waals surface area contributed by atoms with Gasteiger partial charge in [-0.15, -0.1) is 0 Å². The van der Waals surface area contributed by atoms with E-state index in [0.717, 1.165) is 4.47 Å². The van der Waals surface area contributed by atoms with Gasteiger partial charge in [-0.05, 0) is 28.1 Å². The molecule has 0 aromatic heterocycles. The summed E-state index contributed by atoms with van der Waals surface area (Å²) in [5, 5.41) is 12.3. The van der Waals surface area contributed by atoms with E-state index in [9.17, 15) is 9.67 Å². The van der Waals surface area contributed by atoms with Crippen molar-refractivity contribution in [1.82, 2.24) is 0 Å². The topological polar surface area (TPSA) is 37.3 Å². The molecule has 3 aromatic rings. The van der Waals surface area contributed by atoms with Crippen LogP contribution >= 0.6 is 39.0 Å². The molecular weight excluding hydrogens is 439 g/mol. The number of hydrogen-bond donors (Lipinski definition) is 1. The van der Waals surface area contributed by atoms with Crippen LogP contribution in [-0.2, 0) is 4.57 Å². The first-order valence-electron chi connectivity index (χ1n) is 6.93. The predicted molar refractivity (Wildman–Crippen MR) is 103 cm³/mol. The Morgan fingerprint density at radius 1 is 0.783 bits per heavy atom. The first kappa shape index (κ1) is 16.5. The number of hydrogen-bond acceptors (Lipinski definition) is 2. The molecule has 116 valence electrons. The standard InChI is InChI=1S/C18H13Br2O2P/c19-13-11-16(20)18(21)17(12-13)23(22,14-7-3-1-4-8-14)15-9-5-2-6-10-15/h1-12,21H. The van der Waals surface area contributed by atoms with Crippen LogP contribution in [0.1, 0.15) is 0 Å². The van der Waals surface area contributed by atoms with Gasteiger partial charge in [0.05, 0.1) is 9.78 Å². The van der Waals surface area contributed by atoms with Crippen LogP contribution < -0.4 is 15.9 Å². The fourth-order valence-electron chi connectivity index (χ4n) is 2.50. The van der Waals surface area contributed by atoms with Crippen LogP contribution in [0.2, 0.25) is 0 Å². The maximum atomic E-state index is 14.1. The normalized spacial score (nSPS) is 11.4. The molecule has 0 aliphatic rings. The Hall–Kier alpha value is -1.35. The Balaban J connectivity index is 2.37.